The number of carboxylic acids is 1. The molecule has 0 saturated heterocycles. The quantitative estimate of drug-likeness (QED) is 0.762. The molecule has 110 valence electrons. The molecule has 0 fully saturated rings. The molecule has 4 N–H and O–H groups in total. The number of nitrogens with zero attached hydrogens (tertiary/aromatic N) is 1. The van der Waals surface area contributed by atoms with Crippen molar-refractivity contribution < 1.29 is 14.7 Å². The average molecular weight is 279 g/mol. The summed E-state index contributed by atoms with van der Waals surface area (Å²) >= 11 is 0. The van der Waals surface area contributed by atoms with E-state index in [2.05, 4.69) is 10.3 Å². The van der Waals surface area contributed by atoms with Crippen LogP contribution in [0.5, 0.6) is 0 Å². The van der Waals surface area contributed by atoms with Gasteiger partial charge in [-0.15, -0.1) is 0 Å². The molecule has 0 aromatic carbocycles. The van der Waals surface area contributed by atoms with Crippen molar-refractivity contribution in [2.75, 3.05) is 5.32 Å². The number of primary amides is 1. The minimum Gasteiger partial charge on any atom is -0.481 e. The zero-order chi connectivity index (χ0) is 15.5. The van der Waals surface area contributed by atoms with Crippen molar-refractivity contribution in [3.8, 4) is 0 Å². The number of anilines is 1. The normalized spacial score (nSPS) is 12.8. The lowest BCUT2D eigenvalue weighted by Crippen LogP contribution is -2.37. The molecule has 1 aromatic rings. The number of hydrogen-bond donors (Lipinski definition) is 3. The molecule has 1 heterocycles. The average Bonchev–Trinajstić information content (AvgIpc) is 2.25. The lowest BCUT2D eigenvalue weighted by atomic mass is 9.84. The minimum absolute atomic E-state index is 0.0721. The van der Waals surface area contributed by atoms with Gasteiger partial charge in [-0.3, -0.25) is 9.59 Å². The number of aliphatic carboxylic acids is 1. The number of pyridine rings is 1. The summed E-state index contributed by atoms with van der Waals surface area (Å²) in [6.45, 7) is 7.56. The van der Waals surface area contributed by atoms with Gasteiger partial charge in [-0.05, 0) is 24.5 Å². The van der Waals surface area contributed by atoms with Crippen LogP contribution in [0.1, 0.15) is 43.2 Å². The molecular formula is C14H21N3O3. The van der Waals surface area contributed by atoms with Gasteiger partial charge in [0.15, 0.2) is 0 Å². The molecule has 20 heavy (non-hydrogen) atoms. The number of hydrogen-bond acceptors (Lipinski definition) is 4. The van der Waals surface area contributed by atoms with Crippen LogP contribution < -0.4 is 11.1 Å². The number of aromatic nitrogens is 1. The third kappa shape index (κ3) is 4.22. The van der Waals surface area contributed by atoms with E-state index in [4.69, 9.17) is 10.8 Å². The Bertz CT molecular complexity index is 521. The summed E-state index contributed by atoms with van der Waals surface area (Å²) in [6.07, 6.45) is -0.0721. The van der Waals surface area contributed by atoms with E-state index in [0.29, 0.717) is 5.82 Å². The maximum atomic E-state index is 11.4. The highest BCUT2D eigenvalue weighted by Crippen LogP contribution is 2.26. The fraction of sp³-hybridized carbons (Fsp3) is 0.500. The number of aryl methyl sites for hydroxylation is 1. The molecule has 6 heteroatoms. The van der Waals surface area contributed by atoms with Gasteiger partial charge in [0.1, 0.15) is 5.82 Å². The summed E-state index contributed by atoms with van der Waals surface area (Å²) in [5.74, 6) is -1.17. The van der Waals surface area contributed by atoms with Crippen molar-refractivity contribution in [3.05, 3.63) is 23.4 Å². The molecule has 1 unspecified atom stereocenters. The fourth-order valence-electron chi connectivity index (χ4n) is 1.78. The van der Waals surface area contributed by atoms with Crippen LogP contribution in [-0.2, 0) is 4.79 Å². The molecule has 0 radical (unpaired) electrons. The van der Waals surface area contributed by atoms with Crippen molar-refractivity contribution >= 4 is 17.7 Å². The minimum atomic E-state index is -0.911. The van der Waals surface area contributed by atoms with E-state index >= 15 is 0 Å². The first-order chi connectivity index (χ1) is 9.11. The third-order valence-electron chi connectivity index (χ3n) is 3.04. The number of carboxylic acid groups (broad SMARTS) is 1. The molecule has 0 aliphatic carbocycles. The molecule has 0 bridgehead atoms. The topological polar surface area (TPSA) is 105 Å². The first-order valence-electron chi connectivity index (χ1n) is 6.37. The Morgan fingerprint density at radius 1 is 1.40 bits per heavy atom. The predicted octanol–water partition coefficient (Wildman–Crippen LogP) is 1.79. The van der Waals surface area contributed by atoms with E-state index in [0.717, 1.165) is 5.69 Å². The van der Waals surface area contributed by atoms with Crippen molar-refractivity contribution in [1.29, 1.82) is 0 Å². The second-order valence-electron chi connectivity index (χ2n) is 5.87. The molecule has 0 aliphatic rings. The molecule has 1 aromatic heterocycles. The smallest absolute Gasteiger partial charge is 0.305 e. The second kappa shape index (κ2) is 5.90. The lowest BCUT2D eigenvalue weighted by molar-refractivity contribution is -0.137. The highest BCUT2D eigenvalue weighted by atomic mass is 16.4. The first kappa shape index (κ1) is 15.9. The highest BCUT2D eigenvalue weighted by Gasteiger charge is 2.28. The van der Waals surface area contributed by atoms with Crippen LogP contribution >= 0.6 is 0 Å². The maximum Gasteiger partial charge on any atom is 0.305 e. The zero-order valence-corrected chi connectivity index (χ0v) is 12.2. The van der Waals surface area contributed by atoms with E-state index in [1.165, 1.54) is 0 Å². The SMILES string of the molecule is Cc1ccc(C(N)=O)c(NC(CC(=O)O)C(C)(C)C)n1. The van der Waals surface area contributed by atoms with Crippen molar-refractivity contribution in [2.45, 2.75) is 40.2 Å². The summed E-state index contributed by atoms with van der Waals surface area (Å²) in [7, 11) is 0. The largest absolute Gasteiger partial charge is 0.481 e. The van der Waals surface area contributed by atoms with Crippen molar-refractivity contribution in [1.82, 2.24) is 4.98 Å². The van der Waals surface area contributed by atoms with Crippen LogP contribution in [0.2, 0.25) is 0 Å². The number of carbonyl (C=O) groups excluding carboxylic acids is 1. The van der Waals surface area contributed by atoms with Gasteiger partial charge in [-0.25, -0.2) is 4.98 Å². The molecule has 1 amide bonds. The third-order valence-corrected chi connectivity index (χ3v) is 3.04. The summed E-state index contributed by atoms with van der Waals surface area (Å²) < 4.78 is 0. The Balaban J connectivity index is 3.13. The van der Waals surface area contributed by atoms with Gasteiger partial charge in [-0.2, -0.15) is 0 Å². The van der Waals surface area contributed by atoms with E-state index in [-0.39, 0.29) is 23.4 Å². The maximum absolute atomic E-state index is 11.4. The van der Waals surface area contributed by atoms with Crippen LogP contribution in [0.3, 0.4) is 0 Å². The van der Waals surface area contributed by atoms with Gasteiger partial charge in [0, 0.05) is 11.7 Å². The van der Waals surface area contributed by atoms with Crippen LogP contribution in [0.25, 0.3) is 0 Å². The van der Waals surface area contributed by atoms with Crippen molar-refractivity contribution in [3.63, 3.8) is 0 Å². The lowest BCUT2D eigenvalue weighted by Gasteiger charge is -2.31. The van der Waals surface area contributed by atoms with Crippen LogP contribution in [0.4, 0.5) is 5.82 Å². The highest BCUT2D eigenvalue weighted by molar-refractivity contribution is 5.97. The molecule has 6 nitrogen and oxygen atoms in total. The van der Waals surface area contributed by atoms with E-state index in [1.54, 1.807) is 19.1 Å². The van der Waals surface area contributed by atoms with Gasteiger partial charge < -0.3 is 16.2 Å². The van der Waals surface area contributed by atoms with E-state index in [9.17, 15) is 9.59 Å². The van der Waals surface area contributed by atoms with Gasteiger partial charge in [-0.1, -0.05) is 20.8 Å². The second-order valence-corrected chi connectivity index (χ2v) is 5.87. The number of amides is 1. The molecule has 0 spiro atoms. The number of rotatable bonds is 5. The molecule has 1 rings (SSSR count). The Labute approximate surface area is 118 Å². The fourth-order valence-corrected chi connectivity index (χ4v) is 1.78. The predicted molar refractivity (Wildman–Crippen MR) is 76.6 cm³/mol. The van der Waals surface area contributed by atoms with E-state index in [1.807, 2.05) is 20.8 Å². The molecule has 1 atom stereocenters. The first-order valence-corrected chi connectivity index (χ1v) is 6.37. The summed E-state index contributed by atoms with van der Waals surface area (Å²) in [4.78, 5) is 26.6. The van der Waals surface area contributed by atoms with E-state index < -0.39 is 11.9 Å². The van der Waals surface area contributed by atoms with Crippen LogP contribution in [0.15, 0.2) is 12.1 Å². The molecule has 0 aliphatic heterocycles. The summed E-state index contributed by atoms with van der Waals surface area (Å²) in [5.41, 5.74) is 5.99. The van der Waals surface area contributed by atoms with Crippen LogP contribution in [-0.4, -0.2) is 28.0 Å². The van der Waals surface area contributed by atoms with Crippen LogP contribution in [0, 0.1) is 12.3 Å². The Hall–Kier alpha value is -2.11. The van der Waals surface area contributed by atoms with Gasteiger partial charge in [0.25, 0.3) is 5.91 Å². The van der Waals surface area contributed by atoms with Gasteiger partial charge in [0.05, 0.1) is 12.0 Å². The van der Waals surface area contributed by atoms with Gasteiger partial charge >= 0.3 is 5.97 Å². The Morgan fingerprint density at radius 2 is 2.00 bits per heavy atom. The van der Waals surface area contributed by atoms with Gasteiger partial charge in [0.2, 0.25) is 0 Å². The Kier molecular flexibility index (Phi) is 4.70. The zero-order valence-electron chi connectivity index (χ0n) is 12.2. The standard InChI is InChI=1S/C14H21N3O3/c1-8-5-6-9(12(15)20)13(16-8)17-10(7-11(18)19)14(2,3)4/h5-6,10H,7H2,1-4H3,(H2,15,20)(H,16,17)(H,18,19). The number of nitrogens with one attached hydrogen (secondary N) is 1. The Morgan fingerprint density at radius 3 is 2.45 bits per heavy atom. The summed E-state index contributed by atoms with van der Waals surface area (Å²) in [5, 5.41) is 12.1. The molecular weight excluding hydrogens is 258 g/mol. The number of nitrogens with two attached hydrogens (primary N) is 1. The summed E-state index contributed by atoms with van der Waals surface area (Å²) in [6, 6.07) is 2.91. The van der Waals surface area contributed by atoms with Crippen molar-refractivity contribution in [2.24, 2.45) is 11.1 Å². The monoisotopic (exact) mass is 279 g/mol. The molecule has 0 saturated carbocycles. The number of carbonyl (C=O) groups is 2.